The highest BCUT2D eigenvalue weighted by atomic mass is 19.1. The van der Waals surface area contributed by atoms with Crippen LogP contribution in [0.5, 0.6) is 11.5 Å². The molecule has 1 aromatic rings. The zero-order valence-corrected chi connectivity index (χ0v) is 8.48. The second-order valence-electron chi connectivity index (χ2n) is 3.49. The van der Waals surface area contributed by atoms with E-state index in [1.165, 1.54) is 0 Å². The normalized spacial score (nSPS) is 15.6. The van der Waals surface area contributed by atoms with E-state index in [4.69, 9.17) is 14.6 Å². The van der Waals surface area contributed by atoms with Crippen LogP contribution in [0.3, 0.4) is 0 Å². The Morgan fingerprint density at radius 2 is 2.06 bits per heavy atom. The van der Waals surface area contributed by atoms with Gasteiger partial charge >= 0.3 is 5.97 Å². The highest BCUT2D eigenvalue weighted by Gasteiger charge is 2.18. The highest BCUT2D eigenvalue weighted by molar-refractivity contribution is 5.72. The van der Waals surface area contributed by atoms with Crippen LogP contribution < -0.4 is 9.47 Å². The highest BCUT2D eigenvalue weighted by Crippen LogP contribution is 2.31. The summed E-state index contributed by atoms with van der Waals surface area (Å²) in [5.74, 6) is -0.294. The first kappa shape index (κ1) is 10.7. The second kappa shape index (κ2) is 4.38. The number of ether oxygens (including phenoxy) is 2. The molecule has 0 spiro atoms. The largest absolute Gasteiger partial charge is 0.486 e. The van der Waals surface area contributed by atoms with E-state index in [1.807, 2.05) is 0 Å². The smallest absolute Gasteiger partial charge is 0.338 e. The molecule has 0 saturated heterocycles. The van der Waals surface area contributed by atoms with E-state index >= 15 is 0 Å². The number of carboxylic acid groups (broad SMARTS) is 1. The summed E-state index contributed by atoms with van der Waals surface area (Å²) in [6.45, 7) is 0.946. The SMILES string of the molecule is O=C(O)C(F)Cc1ccc2c(c1)OCCO2. The van der Waals surface area contributed by atoms with Gasteiger partial charge in [-0.2, -0.15) is 0 Å². The van der Waals surface area contributed by atoms with Crippen molar-refractivity contribution in [1.82, 2.24) is 0 Å². The van der Waals surface area contributed by atoms with Gasteiger partial charge in [-0.3, -0.25) is 0 Å². The molecule has 1 aliphatic rings. The van der Waals surface area contributed by atoms with Crippen molar-refractivity contribution in [3.63, 3.8) is 0 Å². The van der Waals surface area contributed by atoms with E-state index in [-0.39, 0.29) is 6.42 Å². The zero-order chi connectivity index (χ0) is 11.5. The third kappa shape index (κ3) is 2.24. The Hall–Kier alpha value is -1.78. The molecule has 0 aromatic heterocycles. The van der Waals surface area contributed by atoms with Crippen LogP contribution in [0.15, 0.2) is 18.2 Å². The summed E-state index contributed by atoms with van der Waals surface area (Å²) in [4.78, 5) is 10.4. The van der Waals surface area contributed by atoms with Gasteiger partial charge in [0.2, 0.25) is 6.17 Å². The average molecular weight is 226 g/mol. The molecule has 1 aliphatic heterocycles. The third-order valence-electron chi connectivity index (χ3n) is 2.29. The Balaban J connectivity index is 2.14. The maximum atomic E-state index is 13.0. The fourth-order valence-electron chi connectivity index (χ4n) is 1.51. The summed E-state index contributed by atoms with van der Waals surface area (Å²) in [6, 6.07) is 4.92. The predicted octanol–water partition coefficient (Wildman–Crippen LogP) is 1.42. The van der Waals surface area contributed by atoms with E-state index in [9.17, 15) is 9.18 Å². The summed E-state index contributed by atoms with van der Waals surface area (Å²) in [5.41, 5.74) is 0.583. The van der Waals surface area contributed by atoms with E-state index in [0.29, 0.717) is 30.3 Å². The fraction of sp³-hybridized carbons (Fsp3) is 0.364. The Morgan fingerprint density at radius 1 is 1.38 bits per heavy atom. The Bertz CT molecular complexity index is 405. The molecule has 0 radical (unpaired) electrons. The van der Waals surface area contributed by atoms with E-state index in [1.54, 1.807) is 18.2 Å². The van der Waals surface area contributed by atoms with E-state index in [2.05, 4.69) is 0 Å². The molecule has 0 bridgehead atoms. The number of aliphatic carboxylic acids is 1. The molecule has 2 rings (SSSR count). The molecule has 5 heteroatoms. The van der Waals surface area contributed by atoms with Crippen LogP contribution in [0.4, 0.5) is 4.39 Å². The first-order valence-corrected chi connectivity index (χ1v) is 4.92. The van der Waals surface area contributed by atoms with Crippen LogP contribution in [0.1, 0.15) is 5.56 Å². The van der Waals surface area contributed by atoms with Crippen molar-refractivity contribution >= 4 is 5.97 Å². The van der Waals surface area contributed by atoms with Gasteiger partial charge in [0.1, 0.15) is 13.2 Å². The van der Waals surface area contributed by atoms with E-state index in [0.717, 1.165) is 0 Å². The summed E-state index contributed by atoms with van der Waals surface area (Å²) in [6.07, 6.45) is -2.05. The third-order valence-corrected chi connectivity index (χ3v) is 2.29. The zero-order valence-electron chi connectivity index (χ0n) is 8.48. The minimum atomic E-state index is -1.89. The summed E-state index contributed by atoms with van der Waals surface area (Å²) in [5, 5.41) is 8.45. The molecule has 1 atom stereocenters. The minimum Gasteiger partial charge on any atom is -0.486 e. The molecule has 4 nitrogen and oxygen atoms in total. The molecule has 1 heterocycles. The van der Waals surface area contributed by atoms with Gasteiger partial charge in [0.05, 0.1) is 0 Å². The summed E-state index contributed by atoms with van der Waals surface area (Å²) in [7, 11) is 0. The van der Waals surface area contributed by atoms with Gasteiger partial charge in [-0.15, -0.1) is 0 Å². The molecule has 86 valence electrons. The van der Waals surface area contributed by atoms with Crippen LogP contribution >= 0.6 is 0 Å². The first-order valence-electron chi connectivity index (χ1n) is 4.92. The van der Waals surface area contributed by atoms with Crippen molar-refractivity contribution in [2.24, 2.45) is 0 Å². The average Bonchev–Trinajstić information content (AvgIpc) is 2.28. The predicted molar refractivity (Wildman–Crippen MR) is 53.7 cm³/mol. The van der Waals surface area contributed by atoms with Gasteiger partial charge in [0, 0.05) is 6.42 Å². The van der Waals surface area contributed by atoms with E-state index < -0.39 is 12.1 Å². The molecule has 1 unspecified atom stereocenters. The first-order chi connectivity index (χ1) is 7.66. The van der Waals surface area contributed by atoms with Crippen LogP contribution in [0, 0.1) is 0 Å². The van der Waals surface area contributed by atoms with Crippen molar-refractivity contribution < 1.29 is 23.8 Å². The lowest BCUT2D eigenvalue weighted by molar-refractivity contribution is -0.142. The fourth-order valence-corrected chi connectivity index (χ4v) is 1.51. The summed E-state index contributed by atoms with van der Waals surface area (Å²) < 4.78 is 23.6. The quantitative estimate of drug-likeness (QED) is 0.846. The lowest BCUT2D eigenvalue weighted by Gasteiger charge is -2.18. The number of benzene rings is 1. The Labute approximate surface area is 91.6 Å². The van der Waals surface area contributed by atoms with Gasteiger partial charge in [-0.05, 0) is 17.7 Å². The number of halogens is 1. The van der Waals surface area contributed by atoms with Gasteiger partial charge in [0.25, 0.3) is 0 Å². The number of hydrogen-bond donors (Lipinski definition) is 1. The number of carboxylic acids is 1. The lowest BCUT2D eigenvalue weighted by Crippen LogP contribution is -2.18. The van der Waals surface area contributed by atoms with Gasteiger partial charge in [-0.1, -0.05) is 6.07 Å². The van der Waals surface area contributed by atoms with Crippen LogP contribution in [0.25, 0.3) is 0 Å². The van der Waals surface area contributed by atoms with Crippen molar-refractivity contribution in [3.05, 3.63) is 23.8 Å². The van der Waals surface area contributed by atoms with Gasteiger partial charge in [0.15, 0.2) is 11.5 Å². The molecule has 1 aromatic carbocycles. The maximum absolute atomic E-state index is 13.0. The van der Waals surface area contributed by atoms with Crippen molar-refractivity contribution in [2.45, 2.75) is 12.6 Å². The number of rotatable bonds is 3. The molecular formula is C11H11FO4. The minimum absolute atomic E-state index is 0.161. The molecule has 0 fully saturated rings. The maximum Gasteiger partial charge on any atom is 0.338 e. The van der Waals surface area contributed by atoms with Crippen molar-refractivity contribution in [1.29, 1.82) is 0 Å². The Morgan fingerprint density at radius 3 is 2.75 bits per heavy atom. The molecular weight excluding hydrogens is 215 g/mol. The van der Waals surface area contributed by atoms with Crippen LogP contribution in [-0.2, 0) is 11.2 Å². The molecule has 0 amide bonds. The van der Waals surface area contributed by atoms with Crippen LogP contribution in [0.2, 0.25) is 0 Å². The lowest BCUT2D eigenvalue weighted by atomic mass is 10.1. The van der Waals surface area contributed by atoms with Crippen molar-refractivity contribution in [2.75, 3.05) is 13.2 Å². The standard InChI is InChI=1S/C11H11FO4/c12-8(11(13)14)5-7-1-2-9-10(6-7)16-4-3-15-9/h1-2,6,8H,3-5H2,(H,13,14). The molecule has 1 N–H and O–H groups in total. The monoisotopic (exact) mass is 226 g/mol. The van der Waals surface area contributed by atoms with Crippen LogP contribution in [-0.4, -0.2) is 30.5 Å². The molecule has 16 heavy (non-hydrogen) atoms. The number of fused-ring (bicyclic) bond motifs is 1. The summed E-state index contributed by atoms with van der Waals surface area (Å²) >= 11 is 0. The number of hydrogen-bond acceptors (Lipinski definition) is 3. The Kier molecular flexibility index (Phi) is 2.94. The van der Waals surface area contributed by atoms with Gasteiger partial charge < -0.3 is 14.6 Å². The van der Waals surface area contributed by atoms with Gasteiger partial charge in [-0.25, -0.2) is 9.18 Å². The topological polar surface area (TPSA) is 55.8 Å². The molecule has 0 aliphatic carbocycles. The molecule has 0 saturated carbocycles. The second-order valence-corrected chi connectivity index (χ2v) is 3.49. The number of carbonyl (C=O) groups is 1. The number of alkyl halides is 1. The van der Waals surface area contributed by atoms with Crippen molar-refractivity contribution in [3.8, 4) is 11.5 Å².